The number of carbonyl (C=O) groups is 1. The standard InChI is InChI=1S/C13H19F3N2O3S/c14-13(15,16)7-17-8-18(5-12(17)19)22(20,21)6-11-4-9-1-2-10(11)3-9/h9-11H,1-8H2. The molecule has 3 unspecified atom stereocenters. The van der Waals surface area contributed by atoms with Crippen molar-refractivity contribution in [3.8, 4) is 0 Å². The van der Waals surface area contributed by atoms with E-state index in [4.69, 9.17) is 0 Å². The summed E-state index contributed by atoms with van der Waals surface area (Å²) < 4.78 is 62.8. The Morgan fingerprint density at radius 1 is 1.18 bits per heavy atom. The quantitative estimate of drug-likeness (QED) is 0.778. The van der Waals surface area contributed by atoms with Crippen molar-refractivity contribution in [1.82, 2.24) is 9.21 Å². The number of carbonyl (C=O) groups excluding carboxylic acids is 1. The minimum atomic E-state index is -4.51. The van der Waals surface area contributed by atoms with Gasteiger partial charge in [0.05, 0.1) is 19.0 Å². The van der Waals surface area contributed by atoms with Crippen LogP contribution in [0.5, 0.6) is 0 Å². The average Bonchev–Trinajstić information content (AvgIpc) is 3.04. The van der Waals surface area contributed by atoms with Crippen molar-refractivity contribution in [3.63, 3.8) is 0 Å². The first kappa shape index (κ1) is 16.0. The molecule has 2 bridgehead atoms. The fourth-order valence-electron chi connectivity index (χ4n) is 4.07. The van der Waals surface area contributed by atoms with E-state index in [0.29, 0.717) is 16.7 Å². The van der Waals surface area contributed by atoms with Gasteiger partial charge in [-0.15, -0.1) is 0 Å². The zero-order valence-corrected chi connectivity index (χ0v) is 12.9. The summed E-state index contributed by atoms with van der Waals surface area (Å²) in [7, 11) is -3.68. The van der Waals surface area contributed by atoms with Gasteiger partial charge in [-0.25, -0.2) is 8.42 Å². The third-order valence-corrected chi connectivity index (χ3v) is 6.95. The number of rotatable bonds is 4. The molecule has 1 saturated heterocycles. The number of sulfonamides is 1. The van der Waals surface area contributed by atoms with Gasteiger partial charge in [-0.1, -0.05) is 6.42 Å². The normalized spacial score (nSPS) is 33.1. The molecule has 2 aliphatic carbocycles. The first-order valence-corrected chi connectivity index (χ1v) is 9.07. The summed E-state index contributed by atoms with van der Waals surface area (Å²) in [6, 6.07) is 0. The molecule has 2 saturated carbocycles. The van der Waals surface area contributed by atoms with Crippen LogP contribution in [0.15, 0.2) is 0 Å². The number of halogens is 3. The Hall–Kier alpha value is -0.830. The topological polar surface area (TPSA) is 57.7 Å². The van der Waals surface area contributed by atoms with Crippen molar-refractivity contribution in [2.45, 2.75) is 31.9 Å². The maximum absolute atomic E-state index is 12.4. The molecule has 1 aliphatic heterocycles. The van der Waals surface area contributed by atoms with Gasteiger partial charge in [0.2, 0.25) is 15.9 Å². The van der Waals surface area contributed by atoms with E-state index >= 15 is 0 Å². The largest absolute Gasteiger partial charge is 0.406 e. The summed E-state index contributed by atoms with van der Waals surface area (Å²) in [6.07, 6.45) is -0.357. The molecule has 3 fully saturated rings. The lowest BCUT2D eigenvalue weighted by Gasteiger charge is -2.24. The van der Waals surface area contributed by atoms with E-state index in [0.717, 1.165) is 30.0 Å². The van der Waals surface area contributed by atoms with E-state index < -0.39 is 41.9 Å². The van der Waals surface area contributed by atoms with Gasteiger partial charge < -0.3 is 4.90 Å². The number of amides is 1. The molecular formula is C13H19F3N2O3S. The highest BCUT2D eigenvalue weighted by molar-refractivity contribution is 7.89. The maximum atomic E-state index is 12.4. The van der Waals surface area contributed by atoms with Gasteiger partial charge >= 0.3 is 6.18 Å². The van der Waals surface area contributed by atoms with Crippen LogP contribution < -0.4 is 0 Å². The zero-order chi connectivity index (χ0) is 16.1. The third-order valence-electron chi connectivity index (χ3n) is 5.07. The Kier molecular flexibility index (Phi) is 3.91. The van der Waals surface area contributed by atoms with Crippen molar-refractivity contribution in [2.24, 2.45) is 17.8 Å². The molecule has 9 heteroatoms. The second kappa shape index (κ2) is 5.36. The van der Waals surface area contributed by atoms with Crippen molar-refractivity contribution >= 4 is 15.9 Å². The van der Waals surface area contributed by atoms with Crippen molar-refractivity contribution < 1.29 is 26.4 Å². The molecule has 1 heterocycles. The molecule has 22 heavy (non-hydrogen) atoms. The molecule has 126 valence electrons. The molecule has 5 nitrogen and oxygen atoms in total. The minimum Gasteiger partial charge on any atom is -0.318 e. The number of nitrogens with zero attached hydrogens (tertiary/aromatic N) is 2. The zero-order valence-electron chi connectivity index (χ0n) is 12.1. The molecule has 0 aromatic rings. The van der Waals surface area contributed by atoms with Gasteiger partial charge in [-0.2, -0.15) is 17.5 Å². The fraction of sp³-hybridized carbons (Fsp3) is 0.923. The molecule has 0 radical (unpaired) electrons. The van der Waals surface area contributed by atoms with Crippen LogP contribution >= 0.6 is 0 Å². The lowest BCUT2D eigenvalue weighted by Crippen LogP contribution is -2.38. The van der Waals surface area contributed by atoms with Gasteiger partial charge in [-0.3, -0.25) is 4.79 Å². The van der Waals surface area contributed by atoms with E-state index in [1.165, 1.54) is 0 Å². The first-order chi connectivity index (χ1) is 10.1. The Balaban J connectivity index is 1.62. The van der Waals surface area contributed by atoms with E-state index in [1.54, 1.807) is 0 Å². The van der Waals surface area contributed by atoms with Crippen LogP contribution in [0, 0.1) is 17.8 Å². The SMILES string of the molecule is O=C1CN(S(=O)(=O)CC2CC3CCC2C3)CN1CC(F)(F)F. The van der Waals surface area contributed by atoms with Crippen LogP contribution in [0.3, 0.4) is 0 Å². The smallest absolute Gasteiger partial charge is 0.318 e. The van der Waals surface area contributed by atoms with Crippen LogP contribution in [0.25, 0.3) is 0 Å². The summed E-state index contributed by atoms with van der Waals surface area (Å²) in [4.78, 5) is 12.1. The molecule has 0 aromatic heterocycles. The van der Waals surface area contributed by atoms with Crippen LogP contribution in [0.2, 0.25) is 0 Å². The van der Waals surface area contributed by atoms with E-state index in [9.17, 15) is 26.4 Å². The monoisotopic (exact) mass is 340 g/mol. The van der Waals surface area contributed by atoms with Gasteiger partial charge in [0.15, 0.2) is 0 Å². The lowest BCUT2D eigenvalue weighted by molar-refractivity contribution is -0.157. The summed E-state index contributed by atoms with van der Waals surface area (Å²) in [5.41, 5.74) is 0. The third kappa shape index (κ3) is 3.24. The highest BCUT2D eigenvalue weighted by Gasteiger charge is 2.45. The van der Waals surface area contributed by atoms with Crippen molar-refractivity contribution in [2.75, 3.05) is 25.5 Å². The highest BCUT2D eigenvalue weighted by Crippen LogP contribution is 2.48. The van der Waals surface area contributed by atoms with E-state index in [1.807, 2.05) is 0 Å². The minimum absolute atomic E-state index is 0.0404. The van der Waals surface area contributed by atoms with Gasteiger partial charge in [-0.05, 0) is 37.0 Å². The highest BCUT2D eigenvalue weighted by atomic mass is 32.2. The second-order valence-electron chi connectivity index (χ2n) is 6.67. The summed E-state index contributed by atoms with van der Waals surface area (Å²) in [5, 5.41) is 0. The summed E-state index contributed by atoms with van der Waals surface area (Å²) in [6.45, 7) is -2.35. The predicted molar refractivity (Wildman–Crippen MR) is 72.1 cm³/mol. The van der Waals surface area contributed by atoms with Gasteiger partial charge in [0.1, 0.15) is 6.54 Å². The predicted octanol–water partition coefficient (Wildman–Crippen LogP) is 1.42. The Morgan fingerprint density at radius 2 is 1.91 bits per heavy atom. The van der Waals surface area contributed by atoms with Crippen LogP contribution in [0.1, 0.15) is 25.7 Å². The Labute approximate surface area is 127 Å². The molecule has 0 spiro atoms. The number of alkyl halides is 3. The molecule has 3 atom stereocenters. The Morgan fingerprint density at radius 3 is 2.45 bits per heavy atom. The molecule has 0 aromatic carbocycles. The summed E-state index contributed by atoms with van der Waals surface area (Å²) in [5.74, 6) is 0.294. The lowest BCUT2D eigenvalue weighted by atomic mass is 9.90. The van der Waals surface area contributed by atoms with E-state index in [-0.39, 0.29) is 11.7 Å². The summed E-state index contributed by atoms with van der Waals surface area (Å²) >= 11 is 0. The molecule has 3 rings (SSSR count). The van der Waals surface area contributed by atoms with Crippen molar-refractivity contribution in [1.29, 1.82) is 0 Å². The van der Waals surface area contributed by atoms with Gasteiger partial charge in [0, 0.05) is 0 Å². The van der Waals surface area contributed by atoms with E-state index in [2.05, 4.69) is 0 Å². The van der Waals surface area contributed by atoms with Crippen LogP contribution in [-0.4, -0.2) is 55.2 Å². The van der Waals surface area contributed by atoms with Crippen LogP contribution in [0.4, 0.5) is 13.2 Å². The second-order valence-corrected chi connectivity index (χ2v) is 8.69. The number of hydrogen-bond donors (Lipinski definition) is 0. The number of hydrogen-bond acceptors (Lipinski definition) is 3. The van der Waals surface area contributed by atoms with Crippen molar-refractivity contribution in [3.05, 3.63) is 0 Å². The average molecular weight is 340 g/mol. The van der Waals surface area contributed by atoms with Crippen LogP contribution in [-0.2, 0) is 14.8 Å². The maximum Gasteiger partial charge on any atom is 0.406 e. The molecule has 1 amide bonds. The first-order valence-electron chi connectivity index (χ1n) is 7.46. The molecule has 3 aliphatic rings. The Bertz CT molecular complexity index is 563. The fourth-order valence-corrected chi connectivity index (χ4v) is 5.85. The molecular weight excluding hydrogens is 321 g/mol. The molecule has 0 N–H and O–H groups in total. The number of fused-ring (bicyclic) bond motifs is 2. The van der Waals surface area contributed by atoms with Gasteiger partial charge in [0.25, 0.3) is 0 Å².